The highest BCUT2D eigenvalue weighted by Crippen LogP contribution is 2.36. The number of aromatic hydroxyl groups is 1. The average Bonchev–Trinajstić information content (AvgIpc) is 2.79. The maximum atomic E-state index is 11.9. The lowest BCUT2D eigenvalue weighted by Gasteiger charge is -2.07. The number of phenolic OH excluding ortho intramolecular Hbond substituents is 1. The van der Waals surface area contributed by atoms with E-state index >= 15 is 0 Å². The summed E-state index contributed by atoms with van der Waals surface area (Å²) in [5, 5.41) is 24.5. The molecule has 0 fully saturated rings. The van der Waals surface area contributed by atoms with Gasteiger partial charge < -0.3 is 14.6 Å². The van der Waals surface area contributed by atoms with Gasteiger partial charge in [-0.3, -0.25) is 14.9 Å². The van der Waals surface area contributed by atoms with Crippen molar-refractivity contribution in [2.45, 2.75) is 0 Å². The molecular weight excluding hydrogens is 402 g/mol. The fourth-order valence-corrected chi connectivity index (χ4v) is 2.72. The van der Waals surface area contributed by atoms with E-state index in [4.69, 9.17) is 9.47 Å². The van der Waals surface area contributed by atoms with Crippen LogP contribution < -0.4 is 14.9 Å². The zero-order chi connectivity index (χ0) is 22.2. The quantitative estimate of drug-likeness (QED) is 0.326. The van der Waals surface area contributed by atoms with Crippen molar-refractivity contribution in [1.82, 2.24) is 5.43 Å². The second-order valence-electron chi connectivity index (χ2n) is 6.32. The first-order valence-electron chi connectivity index (χ1n) is 9.13. The summed E-state index contributed by atoms with van der Waals surface area (Å²) in [5.74, 6) is -0.647. The van der Waals surface area contributed by atoms with Crippen molar-refractivity contribution in [3.63, 3.8) is 0 Å². The zero-order valence-electron chi connectivity index (χ0n) is 16.5. The lowest BCUT2D eigenvalue weighted by molar-refractivity contribution is -0.386. The number of hydrazone groups is 1. The number of amides is 1. The number of carbonyl (C=O) groups excluding carboxylic acids is 1. The van der Waals surface area contributed by atoms with Crippen molar-refractivity contribution < 1.29 is 24.3 Å². The van der Waals surface area contributed by atoms with Crippen molar-refractivity contribution >= 4 is 17.8 Å². The molecule has 0 saturated heterocycles. The molecule has 0 spiro atoms. The molecule has 0 unspecified atom stereocenters. The number of nitrogens with one attached hydrogen (secondary N) is 1. The summed E-state index contributed by atoms with van der Waals surface area (Å²) in [6, 6.07) is 19.6. The number of hydrogen-bond acceptors (Lipinski definition) is 7. The molecule has 9 nitrogen and oxygen atoms in total. The number of carbonyl (C=O) groups is 1. The van der Waals surface area contributed by atoms with Crippen LogP contribution in [0.15, 0.2) is 71.8 Å². The summed E-state index contributed by atoms with van der Waals surface area (Å²) < 4.78 is 10.3. The van der Waals surface area contributed by atoms with Gasteiger partial charge in [-0.05, 0) is 29.3 Å². The third-order valence-electron chi connectivity index (χ3n) is 4.23. The molecule has 0 aliphatic heterocycles. The number of nitro groups is 1. The molecule has 0 saturated carbocycles. The SMILES string of the molecule is COc1cc(/C=N\NC(=O)COc2ccc(-c3ccccc3)cc2)cc([N+](=O)[O-])c1O. The highest BCUT2D eigenvalue weighted by molar-refractivity contribution is 5.85. The van der Waals surface area contributed by atoms with Gasteiger partial charge in [-0.1, -0.05) is 42.5 Å². The second-order valence-corrected chi connectivity index (χ2v) is 6.32. The van der Waals surface area contributed by atoms with Gasteiger partial charge in [-0.15, -0.1) is 0 Å². The van der Waals surface area contributed by atoms with Gasteiger partial charge in [0.15, 0.2) is 12.4 Å². The summed E-state index contributed by atoms with van der Waals surface area (Å²) in [4.78, 5) is 22.2. The van der Waals surface area contributed by atoms with Gasteiger partial charge in [0.2, 0.25) is 5.75 Å². The Morgan fingerprint density at radius 3 is 2.45 bits per heavy atom. The van der Waals surface area contributed by atoms with Gasteiger partial charge in [0.25, 0.3) is 5.91 Å². The average molecular weight is 421 g/mol. The molecule has 0 radical (unpaired) electrons. The van der Waals surface area contributed by atoms with Crippen LogP contribution in [0.1, 0.15) is 5.56 Å². The van der Waals surface area contributed by atoms with Gasteiger partial charge in [0, 0.05) is 11.6 Å². The molecular formula is C22H19N3O6. The standard InChI is InChI=1S/C22H19N3O6/c1-30-20-12-15(11-19(22(20)27)25(28)29)13-23-24-21(26)14-31-18-9-7-17(8-10-18)16-5-3-2-4-6-16/h2-13,27H,14H2,1H3,(H,24,26)/b23-13-. The minimum Gasteiger partial charge on any atom is -0.500 e. The van der Waals surface area contributed by atoms with E-state index in [1.807, 2.05) is 42.5 Å². The van der Waals surface area contributed by atoms with E-state index in [1.165, 1.54) is 19.4 Å². The van der Waals surface area contributed by atoms with E-state index in [-0.39, 0.29) is 17.9 Å². The lowest BCUT2D eigenvalue weighted by atomic mass is 10.1. The van der Waals surface area contributed by atoms with E-state index in [1.54, 1.807) is 12.1 Å². The molecule has 1 amide bonds. The minimum atomic E-state index is -0.745. The fraction of sp³-hybridized carbons (Fsp3) is 0.0909. The highest BCUT2D eigenvalue weighted by atomic mass is 16.6. The summed E-state index contributed by atoms with van der Waals surface area (Å²) in [6.07, 6.45) is 1.20. The smallest absolute Gasteiger partial charge is 0.315 e. The monoisotopic (exact) mass is 421 g/mol. The van der Waals surface area contributed by atoms with Crippen molar-refractivity contribution in [3.05, 3.63) is 82.4 Å². The van der Waals surface area contributed by atoms with Crippen LogP contribution in [0.4, 0.5) is 5.69 Å². The molecule has 0 atom stereocenters. The van der Waals surface area contributed by atoms with E-state index in [0.717, 1.165) is 17.2 Å². The number of benzene rings is 3. The molecule has 0 aliphatic carbocycles. The predicted molar refractivity (Wildman–Crippen MR) is 114 cm³/mol. The van der Waals surface area contributed by atoms with Gasteiger partial charge in [-0.25, -0.2) is 5.43 Å². The molecule has 3 aromatic carbocycles. The van der Waals surface area contributed by atoms with Gasteiger partial charge >= 0.3 is 5.69 Å². The number of nitrogens with zero attached hydrogens (tertiary/aromatic N) is 2. The van der Waals surface area contributed by atoms with Crippen LogP contribution in [0.25, 0.3) is 11.1 Å². The van der Waals surface area contributed by atoms with Crippen LogP contribution in [-0.2, 0) is 4.79 Å². The molecule has 2 N–H and O–H groups in total. The maximum absolute atomic E-state index is 11.9. The lowest BCUT2D eigenvalue weighted by Crippen LogP contribution is -2.24. The van der Waals surface area contributed by atoms with Crippen molar-refractivity contribution in [2.75, 3.05) is 13.7 Å². The van der Waals surface area contributed by atoms with Crippen LogP contribution >= 0.6 is 0 Å². The number of nitro benzene ring substituents is 1. The van der Waals surface area contributed by atoms with E-state index in [0.29, 0.717) is 5.75 Å². The van der Waals surface area contributed by atoms with Crippen LogP contribution in [0.3, 0.4) is 0 Å². The fourth-order valence-electron chi connectivity index (χ4n) is 2.72. The molecule has 158 valence electrons. The topological polar surface area (TPSA) is 123 Å². The largest absolute Gasteiger partial charge is 0.500 e. The molecule has 3 aromatic rings. The van der Waals surface area contributed by atoms with E-state index in [9.17, 15) is 20.0 Å². The molecule has 31 heavy (non-hydrogen) atoms. The predicted octanol–water partition coefficient (Wildman–Crippen LogP) is 3.51. The first-order chi connectivity index (χ1) is 15.0. The zero-order valence-corrected chi connectivity index (χ0v) is 16.5. The van der Waals surface area contributed by atoms with Crippen molar-refractivity contribution in [1.29, 1.82) is 0 Å². The first kappa shape index (κ1) is 21.3. The summed E-state index contributed by atoms with van der Waals surface area (Å²) >= 11 is 0. The van der Waals surface area contributed by atoms with E-state index < -0.39 is 22.3 Å². The molecule has 0 aromatic heterocycles. The van der Waals surface area contributed by atoms with Crippen LogP contribution in [0.2, 0.25) is 0 Å². The number of phenols is 1. The molecule has 0 aliphatic rings. The molecule has 0 heterocycles. The Kier molecular flexibility index (Phi) is 6.79. The Morgan fingerprint density at radius 1 is 1.13 bits per heavy atom. The second kappa shape index (κ2) is 9.88. The molecule has 9 heteroatoms. The van der Waals surface area contributed by atoms with Crippen LogP contribution in [0.5, 0.6) is 17.2 Å². The minimum absolute atomic E-state index is 0.0794. The van der Waals surface area contributed by atoms with Crippen LogP contribution in [-0.4, -0.2) is 35.9 Å². The maximum Gasteiger partial charge on any atom is 0.315 e. The normalized spacial score (nSPS) is 10.6. The Hall–Kier alpha value is -4.40. The third-order valence-corrected chi connectivity index (χ3v) is 4.23. The Balaban J connectivity index is 1.55. The Labute approximate surface area is 177 Å². The number of rotatable bonds is 8. The van der Waals surface area contributed by atoms with Crippen molar-refractivity contribution in [2.24, 2.45) is 5.10 Å². The highest BCUT2D eigenvalue weighted by Gasteiger charge is 2.19. The number of hydrogen-bond donors (Lipinski definition) is 2. The molecule has 3 rings (SSSR count). The Morgan fingerprint density at radius 2 is 1.81 bits per heavy atom. The van der Waals surface area contributed by atoms with Gasteiger partial charge in [0.05, 0.1) is 18.2 Å². The summed E-state index contributed by atoms with van der Waals surface area (Å²) in [7, 11) is 1.27. The summed E-state index contributed by atoms with van der Waals surface area (Å²) in [5.41, 5.74) is 4.11. The van der Waals surface area contributed by atoms with Gasteiger partial charge in [-0.2, -0.15) is 5.10 Å². The molecule has 0 bridgehead atoms. The third kappa shape index (κ3) is 5.57. The van der Waals surface area contributed by atoms with Crippen LogP contribution in [0, 0.1) is 10.1 Å². The van der Waals surface area contributed by atoms with E-state index in [2.05, 4.69) is 10.5 Å². The van der Waals surface area contributed by atoms with Crippen molar-refractivity contribution in [3.8, 4) is 28.4 Å². The van der Waals surface area contributed by atoms with Gasteiger partial charge in [0.1, 0.15) is 5.75 Å². The number of ether oxygens (including phenoxy) is 2. The Bertz CT molecular complexity index is 1100. The first-order valence-corrected chi connectivity index (χ1v) is 9.13. The number of methoxy groups -OCH3 is 1. The summed E-state index contributed by atoms with van der Waals surface area (Å²) in [6.45, 7) is -0.263.